The highest BCUT2D eigenvalue weighted by Gasteiger charge is 2.36. The Balaban J connectivity index is 1.80. The molecule has 1 aliphatic rings. The SMILES string of the molecule is COC(=O)c1ccc(Cl)c(-n2c(C)cc(/C=C3\C(=O)NC(=S)N(c4cccc(Cl)c4Cl)C3=O)c2C)c1. The Kier molecular flexibility index (Phi) is 7.24. The van der Waals surface area contributed by atoms with Gasteiger partial charge in [0.1, 0.15) is 5.57 Å². The molecule has 7 nitrogen and oxygen atoms in total. The highest BCUT2D eigenvalue weighted by Crippen LogP contribution is 2.35. The first-order valence-electron chi connectivity index (χ1n) is 10.5. The van der Waals surface area contributed by atoms with Crippen LogP contribution < -0.4 is 10.2 Å². The number of hydrogen-bond donors (Lipinski definition) is 1. The fourth-order valence-corrected chi connectivity index (χ4v) is 4.79. The first-order chi connectivity index (χ1) is 17.0. The summed E-state index contributed by atoms with van der Waals surface area (Å²) in [4.78, 5) is 39.4. The second-order valence-corrected chi connectivity index (χ2v) is 9.43. The number of aryl methyl sites for hydroxylation is 1. The van der Waals surface area contributed by atoms with Gasteiger partial charge in [-0.3, -0.25) is 19.8 Å². The summed E-state index contributed by atoms with van der Waals surface area (Å²) >= 11 is 24.1. The molecule has 0 atom stereocenters. The summed E-state index contributed by atoms with van der Waals surface area (Å²) in [6, 6.07) is 11.4. The molecule has 1 aliphatic heterocycles. The van der Waals surface area contributed by atoms with Crippen LogP contribution in [0.1, 0.15) is 27.3 Å². The third kappa shape index (κ3) is 4.53. The molecule has 2 amide bonds. The van der Waals surface area contributed by atoms with Gasteiger partial charge < -0.3 is 9.30 Å². The number of esters is 1. The fraction of sp³-hybridized carbons (Fsp3) is 0.120. The average Bonchev–Trinajstić information content (AvgIpc) is 3.11. The number of hydrogen-bond acceptors (Lipinski definition) is 5. The number of thiocarbonyl (C=S) groups is 1. The second kappa shape index (κ2) is 10.1. The van der Waals surface area contributed by atoms with Gasteiger partial charge in [0, 0.05) is 11.4 Å². The Morgan fingerprint density at radius 2 is 1.75 bits per heavy atom. The Morgan fingerprint density at radius 1 is 1.03 bits per heavy atom. The number of nitrogens with zero attached hydrogens (tertiary/aromatic N) is 2. The highest BCUT2D eigenvalue weighted by atomic mass is 35.5. The van der Waals surface area contributed by atoms with Gasteiger partial charge in [0.15, 0.2) is 5.11 Å². The molecule has 2 aromatic carbocycles. The van der Waals surface area contributed by atoms with Crippen LogP contribution in [0, 0.1) is 13.8 Å². The van der Waals surface area contributed by atoms with Gasteiger partial charge in [0.05, 0.1) is 39.1 Å². The largest absolute Gasteiger partial charge is 0.465 e. The van der Waals surface area contributed by atoms with Crippen molar-refractivity contribution in [2.75, 3.05) is 12.0 Å². The minimum absolute atomic E-state index is 0.108. The first-order valence-corrected chi connectivity index (χ1v) is 12.0. The first kappa shape index (κ1) is 25.9. The van der Waals surface area contributed by atoms with Crippen LogP contribution in [0.15, 0.2) is 48.0 Å². The minimum atomic E-state index is -0.650. The molecule has 0 saturated carbocycles. The molecular formula is C25H18Cl3N3O4S. The number of nitrogens with one attached hydrogen (secondary N) is 1. The average molecular weight is 563 g/mol. The summed E-state index contributed by atoms with van der Waals surface area (Å²) in [6.45, 7) is 3.65. The summed E-state index contributed by atoms with van der Waals surface area (Å²) in [5.41, 5.74) is 3.02. The van der Waals surface area contributed by atoms with Crippen molar-refractivity contribution in [2.24, 2.45) is 0 Å². The van der Waals surface area contributed by atoms with E-state index in [2.05, 4.69) is 5.32 Å². The van der Waals surface area contributed by atoms with E-state index in [0.29, 0.717) is 27.5 Å². The summed E-state index contributed by atoms with van der Waals surface area (Å²) in [7, 11) is 1.30. The van der Waals surface area contributed by atoms with Gasteiger partial charge in [-0.1, -0.05) is 40.9 Å². The summed E-state index contributed by atoms with van der Waals surface area (Å²) < 4.78 is 6.63. The van der Waals surface area contributed by atoms with Gasteiger partial charge >= 0.3 is 5.97 Å². The van der Waals surface area contributed by atoms with Crippen molar-refractivity contribution < 1.29 is 19.1 Å². The number of halogens is 3. The Bertz CT molecular complexity index is 1500. The van der Waals surface area contributed by atoms with E-state index in [1.807, 2.05) is 18.4 Å². The van der Waals surface area contributed by atoms with Crippen LogP contribution in [-0.2, 0) is 14.3 Å². The molecule has 0 spiro atoms. The number of amides is 2. The minimum Gasteiger partial charge on any atom is -0.465 e. The van der Waals surface area contributed by atoms with Gasteiger partial charge in [0.25, 0.3) is 11.8 Å². The number of aromatic nitrogens is 1. The van der Waals surface area contributed by atoms with Crippen LogP contribution in [0.3, 0.4) is 0 Å². The Labute approximate surface area is 227 Å². The normalized spacial score (nSPS) is 14.9. The Hall–Kier alpha value is -3.17. The molecule has 1 N–H and O–H groups in total. The van der Waals surface area contributed by atoms with E-state index >= 15 is 0 Å². The van der Waals surface area contributed by atoms with E-state index in [4.69, 9.17) is 51.8 Å². The standard InChI is InChI=1S/C25H18Cl3N3O4S/c1-12-9-15(13(2)30(12)20-11-14(24(34)35-3)7-8-17(20)26)10-16-22(32)29-25(36)31(23(16)33)19-6-4-5-18(27)21(19)28/h4-11H,1-3H3,(H,29,32,36)/b16-10+. The van der Waals surface area contributed by atoms with Crippen molar-refractivity contribution >= 4 is 81.7 Å². The van der Waals surface area contributed by atoms with Gasteiger partial charge in [-0.2, -0.15) is 0 Å². The summed E-state index contributed by atoms with van der Waals surface area (Å²) in [5.74, 6) is -1.80. The third-order valence-corrected chi connectivity index (χ3v) is 7.07. The number of benzene rings is 2. The van der Waals surface area contributed by atoms with Crippen LogP contribution in [0.2, 0.25) is 15.1 Å². The summed E-state index contributed by atoms with van der Waals surface area (Å²) in [6.07, 6.45) is 1.47. The quantitative estimate of drug-likeness (QED) is 0.192. The maximum atomic E-state index is 13.4. The van der Waals surface area contributed by atoms with Crippen LogP contribution >= 0.6 is 47.0 Å². The predicted octanol–water partition coefficient (Wildman–Crippen LogP) is 5.67. The zero-order valence-corrected chi connectivity index (χ0v) is 22.3. The van der Waals surface area contributed by atoms with E-state index < -0.39 is 17.8 Å². The molecule has 0 radical (unpaired) electrons. The smallest absolute Gasteiger partial charge is 0.337 e. The molecule has 4 rings (SSSR count). The zero-order valence-electron chi connectivity index (χ0n) is 19.2. The number of rotatable bonds is 4. The van der Waals surface area contributed by atoms with Gasteiger partial charge in [0.2, 0.25) is 0 Å². The zero-order chi connectivity index (χ0) is 26.3. The number of ether oxygens (including phenoxy) is 1. The lowest BCUT2D eigenvalue weighted by Gasteiger charge is -2.29. The van der Waals surface area contributed by atoms with E-state index in [9.17, 15) is 14.4 Å². The second-order valence-electron chi connectivity index (χ2n) is 7.85. The molecule has 0 aliphatic carbocycles. The molecule has 2 heterocycles. The van der Waals surface area contributed by atoms with E-state index in [1.165, 1.54) is 13.2 Å². The van der Waals surface area contributed by atoms with Crippen LogP contribution in [-0.4, -0.2) is 34.6 Å². The molecular weight excluding hydrogens is 545 g/mol. The lowest BCUT2D eigenvalue weighted by atomic mass is 10.1. The van der Waals surface area contributed by atoms with E-state index in [1.54, 1.807) is 42.5 Å². The van der Waals surface area contributed by atoms with Crippen molar-refractivity contribution in [1.82, 2.24) is 9.88 Å². The van der Waals surface area contributed by atoms with E-state index in [-0.39, 0.29) is 26.4 Å². The number of anilines is 1. The number of carbonyl (C=O) groups is 3. The predicted molar refractivity (Wildman–Crippen MR) is 144 cm³/mol. The van der Waals surface area contributed by atoms with Crippen LogP contribution in [0.5, 0.6) is 0 Å². The lowest BCUT2D eigenvalue weighted by Crippen LogP contribution is -2.54. The maximum absolute atomic E-state index is 13.4. The molecule has 0 unspecified atom stereocenters. The van der Waals surface area contributed by atoms with E-state index in [0.717, 1.165) is 10.6 Å². The number of carbonyl (C=O) groups excluding carboxylic acids is 3. The molecule has 1 saturated heterocycles. The highest BCUT2D eigenvalue weighted by molar-refractivity contribution is 7.80. The third-order valence-electron chi connectivity index (χ3n) is 5.65. The van der Waals surface area contributed by atoms with Gasteiger partial charge in [-0.15, -0.1) is 0 Å². The lowest BCUT2D eigenvalue weighted by molar-refractivity contribution is -0.122. The van der Waals surface area contributed by atoms with Gasteiger partial charge in [-0.25, -0.2) is 4.79 Å². The maximum Gasteiger partial charge on any atom is 0.337 e. The molecule has 11 heteroatoms. The summed E-state index contributed by atoms with van der Waals surface area (Å²) in [5, 5.41) is 3.19. The van der Waals surface area contributed by atoms with Crippen molar-refractivity contribution in [3.05, 3.63) is 85.6 Å². The van der Waals surface area contributed by atoms with Crippen LogP contribution in [0.4, 0.5) is 5.69 Å². The fourth-order valence-electron chi connectivity index (χ4n) is 3.93. The molecule has 0 bridgehead atoms. The van der Waals surface area contributed by atoms with Crippen molar-refractivity contribution in [2.45, 2.75) is 13.8 Å². The molecule has 1 fully saturated rings. The van der Waals surface area contributed by atoms with Crippen LogP contribution in [0.25, 0.3) is 11.8 Å². The topological polar surface area (TPSA) is 80.6 Å². The molecule has 1 aromatic heterocycles. The van der Waals surface area contributed by atoms with Crippen molar-refractivity contribution in [3.63, 3.8) is 0 Å². The van der Waals surface area contributed by atoms with Crippen molar-refractivity contribution in [1.29, 1.82) is 0 Å². The molecule has 36 heavy (non-hydrogen) atoms. The Morgan fingerprint density at radius 3 is 2.44 bits per heavy atom. The van der Waals surface area contributed by atoms with Gasteiger partial charge in [-0.05, 0) is 74.1 Å². The monoisotopic (exact) mass is 561 g/mol. The number of methoxy groups -OCH3 is 1. The van der Waals surface area contributed by atoms with Crippen molar-refractivity contribution in [3.8, 4) is 5.69 Å². The molecule has 3 aromatic rings. The molecule has 184 valence electrons.